The lowest BCUT2D eigenvalue weighted by Gasteiger charge is -2.26. The summed E-state index contributed by atoms with van der Waals surface area (Å²) in [5.74, 6) is 7.90. The van der Waals surface area contributed by atoms with E-state index < -0.39 is 0 Å². The second-order valence-electron chi connectivity index (χ2n) is 5.28. The molecule has 2 N–H and O–H groups in total. The van der Waals surface area contributed by atoms with Crippen molar-refractivity contribution in [3.63, 3.8) is 0 Å². The number of nitrogens with two attached hydrogens (primary N) is 1. The molecule has 0 spiro atoms. The van der Waals surface area contributed by atoms with Gasteiger partial charge in [-0.2, -0.15) is 0 Å². The van der Waals surface area contributed by atoms with Crippen LogP contribution in [0.1, 0.15) is 32.4 Å². The van der Waals surface area contributed by atoms with Crippen LogP contribution in [0.25, 0.3) is 0 Å². The van der Waals surface area contributed by atoms with Gasteiger partial charge in [0.1, 0.15) is 16.3 Å². The van der Waals surface area contributed by atoms with Crippen molar-refractivity contribution in [2.45, 2.75) is 36.5 Å². The molecule has 104 valence electrons. The predicted octanol–water partition coefficient (Wildman–Crippen LogP) is 3.43. The Morgan fingerprint density at radius 1 is 1.15 bits per heavy atom. The molecule has 0 bridgehead atoms. The first kappa shape index (κ1) is 13.3. The van der Waals surface area contributed by atoms with E-state index >= 15 is 0 Å². The fourth-order valence-corrected chi connectivity index (χ4v) is 3.79. The molecule has 0 radical (unpaired) electrons. The molecule has 0 saturated heterocycles. The average molecular weight is 286 g/mol. The van der Waals surface area contributed by atoms with Crippen LogP contribution in [0.4, 0.5) is 11.5 Å². The van der Waals surface area contributed by atoms with Gasteiger partial charge in [0.2, 0.25) is 0 Å². The summed E-state index contributed by atoms with van der Waals surface area (Å²) in [5, 5.41) is 0. The Morgan fingerprint density at radius 3 is 2.60 bits per heavy atom. The largest absolute Gasteiger partial charge is 0.319 e. The third kappa shape index (κ3) is 1.95. The zero-order valence-corrected chi connectivity index (χ0v) is 12.9. The number of nitrogen functional groups attached to an aromatic ring is 1. The van der Waals surface area contributed by atoms with E-state index in [4.69, 9.17) is 5.84 Å². The molecular weight excluding hydrogens is 266 g/mol. The lowest BCUT2D eigenvalue weighted by molar-refractivity contribution is -0.636. The molecule has 3 nitrogen and oxygen atoms in total. The Kier molecular flexibility index (Phi) is 3.34. The molecule has 2 heterocycles. The number of nitrogens with zero attached hydrogens (tertiary/aromatic N) is 2. The maximum Gasteiger partial charge on any atom is 0.319 e. The summed E-state index contributed by atoms with van der Waals surface area (Å²) in [5.41, 5.74) is 2.40. The number of rotatable bonds is 2. The minimum Gasteiger partial charge on any atom is -0.268 e. The number of pyridine rings is 1. The van der Waals surface area contributed by atoms with Gasteiger partial charge in [0, 0.05) is 5.92 Å². The molecule has 1 aliphatic rings. The zero-order chi connectivity index (χ0) is 14.3. The molecule has 20 heavy (non-hydrogen) atoms. The fraction of sp³-hybridized carbons (Fsp3) is 0.312. The number of anilines is 2. The van der Waals surface area contributed by atoms with Gasteiger partial charge in [-0.05, 0) is 31.2 Å². The maximum absolute atomic E-state index is 6.39. The van der Waals surface area contributed by atoms with Crippen LogP contribution < -0.4 is 15.4 Å². The summed E-state index contributed by atoms with van der Waals surface area (Å²) in [6.07, 6.45) is 0. The van der Waals surface area contributed by atoms with Gasteiger partial charge in [-0.25, -0.2) is 4.90 Å². The molecule has 0 fully saturated rings. The summed E-state index contributed by atoms with van der Waals surface area (Å²) in [7, 11) is 0. The third-order valence-corrected chi connectivity index (χ3v) is 4.78. The number of para-hydroxylation sites is 1. The van der Waals surface area contributed by atoms with Crippen LogP contribution >= 0.6 is 11.8 Å². The summed E-state index contributed by atoms with van der Waals surface area (Å²) in [6.45, 7) is 7.42. The smallest absolute Gasteiger partial charge is 0.268 e. The van der Waals surface area contributed by atoms with Crippen LogP contribution in [-0.2, 0) is 0 Å². The molecule has 0 saturated carbocycles. The van der Waals surface area contributed by atoms with Gasteiger partial charge in [-0.3, -0.25) is 5.84 Å². The van der Waals surface area contributed by atoms with Crippen LogP contribution in [0.15, 0.2) is 46.2 Å². The minimum absolute atomic E-state index is 0.408. The lowest BCUT2D eigenvalue weighted by atomic mass is 10.1. The van der Waals surface area contributed by atoms with E-state index in [-0.39, 0.29) is 0 Å². The Bertz CT molecular complexity index is 652. The van der Waals surface area contributed by atoms with Crippen molar-refractivity contribution in [2.75, 3.05) is 17.3 Å². The van der Waals surface area contributed by atoms with Crippen LogP contribution in [0.3, 0.4) is 0 Å². The molecule has 1 aromatic heterocycles. The summed E-state index contributed by atoms with van der Waals surface area (Å²) in [6, 6.07) is 12.8. The highest BCUT2D eigenvalue weighted by Crippen LogP contribution is 2.46. The second kappa shape index (κ2) is 5.02. The van der Waals surface area contributed by atoms with E-state index in [9.17, 15) is 0 Å². The van der Waals surface area contributed by atoms with Gasteiger partial charge in [-0.1, -0.05) is 37.7 Å². The van der Waals surface area contributed by atoms with Gasteiger partial charge < -0.3 is 0 Å². The topological polar surface area (TPSA) is 33.1 Å². The molecule has 1 aromatic carbocycles. The summed E-state index contributed by atoms with van der Waals surface area (Å²) >= 11 is 1.79. The van der Waals surface area contributed by atoms with Crippen LogP contribution in [-0.4, -0.2) is 6.54 Å². The first-order valence-corrected chi connectivity index (χ1v) is 7.83. The SMILES string of the molecule is CCN1c2ccccc2Sc2ccc(C(C)C)[n+](N)c21. The van der Waals surface area contributed by atoms with Gasteiger partial charge in [0.15, 0.2) is 0 Å². The molecule has 1 aliphatic heterocycles. The Balaban J connectivity index is 2.21. The van der Waals surface area contributed by atoms with E-state index in [1.54, 1.807) is 11.8 Å². The van der Waals surface area contributed by atoms with Gasteiger partial charge >= 0.3 is 5.82 Å². The number of aromatic nitrogens is 1. The molecule has 4 heteroatoms. The number of hydrogen-bond donors (Lipinski definition) is 1. The molecule has 0 unspecified atom stereocenters. The molecule has 3 rings (SSSR count). The quantitative estimate of drug-likeness (QED) is 0.678. The lowest BCUT2D eigenvalue weighted by Crippen LogP contribution is -2.53. The fourth-order valence-electron chi connectivity index (χ4n) is 2.69. The van der Waals surface area contributed by atoms with E-state index in [1.807, 2.05) is 4.68 Å². The van der Waals surface area contributed by atoms with Crippen LogP contribution in [0.2, 0.25) is 0 Å². The standard InChI is InChI=1S/C16H20N3S/c1-4-18-13-7-5-6-8-14(13)20-15-10-9-12(11(2)3)19(17)16(15)18/h5-11H,4,17H2,1-3H3/q+1. The highest BCUT2D eigenvalue weighted by molar-refractivity contribution is 7.99. The van der Waals surface area contributed by atoms with E-state index in [0.717, 1.165) is 18.1 Å². The first-order chi connectivity index (χ1) is 9.63. The maximum atomic E-state index is 6.39. The monoisotopic (exact) mass is 286 g/mol. The highest BCUT2D eigenvalue weighted by atomic mass is 32.2. The van der Waals surface area contributed by atoms with Gasteiger partial charge in [0.05, 0.1) is 11.4 Å². The average Bonchev–Trinajstić information content (AvgIpc) is 2.45. The summed E-state index contributed by atoms with van der Waals surface area (Å²) in [4.78, 5) is 4.81. The molecule has 0 atom stereocenters. The Morgan fingerprint density at radius 2 is 1.90 bits per heavy atom. The van der Waals surface area contributed by atoms with E-state index in [0.29, 0.717) is 5.92 Å². The van der Waals surface area contributed by atoms with Crippen molar-refractivity contribution in [1.29, 1.82) is 0 Å². The van der Waals surface area contributed by atoms with E-state index in [2.05, 4.69) is 62.1 Å². The van der Waals surface area contributed by atoms with E-state index in [1.165, 1.54) is 15.5 Å². The highest BCUT2D eigenvalue weighted by Gasteiger charge is 2.33. The number of benzene rings is 1. The number of fused-ring (bicyclic) bond motifs is 2. The molecule has 2 aromatic rings. The van der Waals surface area contributed by atoms with Crippen molar-refractivity contribution >= 4 is 23.3 Å². The summed E-state index contributed by atoms with van der Waals surface area (Å²) < 4.78 is 1.85. The third-order valence-electron chi connectivity index (χ3n) is 3.67. The van der Waals surface area contributed by atoms with Crippen molar-refractivity contribution in [2.24, 2.45) is 0 Å². The molecule has 0 aliphatic carbocycles. The predicted molar refractivity (Wildman–Crippen MR) is 84.1 cm³/mol. The Hall–Kier alpha value is -1.68. The van der Waals surface area contributed by atoms with Crippen molar-refractivity contribution in [3.05, 3.63) is 42.1 Å². The number of hydrogen-bond acceptors (Lipinski definition) is 3. The Labute approximate surface area is 124 Å². The van der Waals surface area contributed by atoms with Crippen molar-refractivity contribution < 1.29 is 4.68 Å². The van der Waals surface area contributed by atoms with Crippen molar-refractivity contribution in [1.82, 2.24) is 0 Å². The van der Waals surface area contributed by atoms with Gasteiger partial charge in [-0.15, -0.1) is 4.68 Å². The van der Waals surface area contributed by atoms with Crippen LogP contribution in [0.5, 0.6) is 0 Å². The van der Waals surface area contributed by atoms with Crippen molar-refractivity contribution in [3.8, 4) is 0 Å². The second-order valence-corrected chi connectivity index (χ2v) is 6.37. The van der Waals surface area contributed by atoms with Crippen LogP contribution in [0, 0.1) is 0 Å². The molecular formula is C16H20N3S+. The van der Waals surface area contributed by atoms with Gasteiger partial charge in [0.25, 0.3) is 0 Å². The zero-order valence-electron chi connectivity index (χ0n) is 12.1. The minimum atomic E-state index is 0.408. The normalized spacial score (nSPS) is 13.3. The first-order valence-electron chi connectivity index (χ1n) is 7.02. The molecule has 0 amide bonds.